The van der Waals surface area contributed by atoms with Crippen molar-refractivity contribution < 1.29 is 8.42 Å². The van der Waals surface area contributed by atoms with Gasteiger partial charge in [0.1, 0.15) is 9.84 Å². The molecule has 0 bridgehead atoms. The SMILES string of the molecule is CN(CCS(C)(=O)=O)C1(CN)CC1. The van der Waals surface area contributed by atoms with Gasteiger partial charge < -0.3 is 5.73 Å². The molecule has 1 aliphatic rings. The fourth-order valence-electron chi connectivity index (χ4n) is 1.43. The fourth-order valence-corrected chi connectivity index (χ4v) is 2.03. The number of hydrogen-bond acceptors (Lipinski definition) is 4. The van der Waals surface area contributed by atoms with Gasteiger partial charge in [0.2, 0.25) is 0 Å². The highest BCUT2D eigenvalue weighted by Gasteiger charge is 2.44. The highest BCUT2D eigenvalue weighted by atomic mass is 32.2. The van der Waals surface area contributed by atoms with E-state index >= 15 is 0 Å². The molecule has 0 aromatic carbocycles. The second-order valence-electron chi connectivity index (χ2n) is 3.98. The van der Waals surface area contributed by atoms with E-state index in [2.05, 4.69) is 4.90 Å². The predicted octanol–water partition coefficient (Wildman–Crippen LogP) is -0.546. The number of hydrogen-bond donors (Lipinski definition) is 1. The van der Waals surface area contributed by atoms with Gasteiger partial charge in [0.15, 0.2) is 0 Å². The first-order valence-corrected chi connectivity index (χ1v) is 6.55. The summed E-state index contributed by atoms with van der Waals surface area (Å²) in [6.07, 6.45) is 3.47. The normalized spacial score (nSPS) is 20.6. The van der Waals surface area contributed by atoms with Crippen molar-refractivity contribution in [3.63, 3.8) is 0 Å². The number of nitrogens with two attached hydrogens (primary N) is 1. The summed E-state index contributed by atoms with van der Waals surface area (Å²) in [6.45, 7) is 1.23. The van der Waals surface area contributed by atoms with Crippen LogP contribution < -0.4 is 5.73 Å². The Balaban J connectivity index is 2.38. The zero-order valence-corrected chi connectivity index (χ0v) is 9.10. The smallest absolute Gasteiger partial charge is 0.148 e. The number of rotatable bonds is 5. The van der Waals surface area contributed by atoms with Gasteiger partial charge in [-0.25, -0.2) is 8.42 Å². The molecule has 0 spiro atoms. The molecule has 0 heterocycles. The van der Waals surface area contributed by atoms with Gasteiger partial charge in [-0.2, -0.15) is 0 Å². The summed E-state index contributed by atoms with van der Waals surface area (Å²) in [5.74, 6) is 0.227. The largest absolute Gasteiger partial charge is 0.329 e. The van der Waals surface area contributed by atoms with Crippen LogP contribution in [0.5, 0.6) is 0 Å². The van der Waals surface area contributed by atoms with Crippen molar-refractivity contribution in [1.82, 2.24) is 4.90 Å². The molecular weight excluding hydrogens is 188 g/mol. The fraction of sp³-hybridized carbons (Fsp3) is 1.00. The van der Waals surface area contributed by atoms with Crippen molar-refractivity contribution in [1.29, 1.82) is 0 Å². The van der Waals surface area contributed by atoms with Crippen molar-refractivity contribution in [2.75, 3.05) is 32.1 Å². The lowest BCUT2D eigenvalue weighted by atomic mass is 10.2. The summed E-state index contributed by atoms with van der Waals surface area (Å²) >= 11 is 0. The van der Waals surface area contributed by atoms with Gasteiger partial charge in [-0.15, -0.1) is 0 Å². The zero-order chi connectivity index (χ0) is 10.1. The van der Waals surface area contributed by atoms with E-state index in [1.807, 2.05) is 7.05 Å². The Morgan fingerprint density at radius 2 is 2.00 bits per heavy atom. The maximum Gasteiger partial charge on any atom is 0.148 e. The summed E-state index contributed by atoms with van der Waals surface area (Å²) in [5.41, 5.74) is 5.73. The summed E-state index contributed by atoms with van der Waals surface area (Å²) in [7, 11) is -0.893. The molecule has 5 heteroatoms. The van der Waals surface area contributed by atoms with Crippen LogP contribution in [-0.2, 0) is 9.84 Å². The van der Waals surface area contributed by atoms with E-state index in [1.54, 1.807) is 0 Å². The van der Waals surface area contributed by atoms with E-state index < -0.39 is 9.84 Å². The predicted molar refractivity (Wildman–Crippen MR) is 53.4 cm³/mol. The molecule has 0 amide bonds. The van der Waals surface area contributed by atoms with E-state index in [0.717, 1.165) is 12.8 Å². The van der Waals surface area contributed by atoms with Crippen LogP contribution >= 0.6 is 0 Å². The molecule has 13 heavy (non-hydrogen) atoms. The van der Waals surface area contributed by atoms with Crippen molar-refractivity contribution >= 4 is 9.84 Å². The molecule has 0 radical (unpaired) electrons. The van der Waals surface area contributed by atoms with E-state index in [-0.39, 0.29) is 11.3 Å². The molecule has 0 saturated heterocycles. The molecule has 1 saturated carbocycles. The van der Waals surface area contributed by atoms with Gasteiger partial charge in [-0.05, 0) is 19.9 Å². The van der Waals surface area contributed by atoms with E-state index in [0.29, 0.717) is 13.1 Å². The molecular formula is C8H18N2O2S. The first-order chi connectivity index (χ1) is 5.90. The van der Waals surface area contributed by atoms with E-state index in [9.17, 15) is 8.42 Å². The molecule has 78 valence electrons. The maximum atomic E-state index is 10.9. The van der Waals surface area contributed by atoms with E-state index in [4.69, 9.17) is 5.73 Å². The number of likely N-dealkylation sites (N-methyl/N-ethyl adjacent to an activating group) is 1. The second-order valence-corrected chi connectivity index (χ2v) is 6.24. The van der Waals surface area contributed by atoms with Crippen LogP contribution in [-0.4, -0.2) is 51.0 Å². The summed E-state index contributed by atoms with van der Waals surface area (Å²) < 4.78 is 21.8. The molecule has 1 aliphatic carbocycles. The maximum absolute atomic E-state index is 10.9. The van der Waals surface area contributed by atoms with Gasteiger partial charge in [0.05, 0.1) is 5.75 Å². The van der Waals surface area contributed by atoms with Crippen LogP contribution in [0.4, 0.5) is 0 Å². The van der Waals surface area contributed by atoms with Crippen LogP contribution in [0.2, 0.25) is 0 Å². The third-order valence-corrected chi connectivity index (χ3v) is 3.74. The molecule has 0 atom stereocenters. The van der Waals surface area contributed by atoms with Crippen LogP contribution in [0.25, 0.3) is 0 Å². The average molecular weight is 206 g/mol. The Labute approximate surface area is 80.0 Å². The second kappa shape index (κ2) is 3.55. The Bertz CT molecular complexity index is 270. The average Bonchev–Trinajstić information content (AvgIpc) is 2.79. The molecule has 2 N–H and O–H groups in total. The Hall–Kier alpha value is -0.130. The third-order valence-electron chi connectivity index (χ3n) is 2.81. The summed E-state index contributed by atoms with van der Waals surface area (Å²) in [6, 6.07) is 0. The molecule has 4 nitrogen and oxygen atoms in total. The summed E-state index contributed by atoms with van der Waals surface area (Å²) in [5, 5.41) is 0. The van der Waals surface area contributed by atoms with Gasteiger partial charge in [-0.3, -0.25) is 4.90 Å². The number of sulfone groups is 1. The van der Waals surface area contributed by atoms with Crippen LogP contribution in [0, 0.1) is 0 Å². The van der Waals surface area contributed by atoms with Crippen molar-refractivity contribution in [3.05, 3.63) is 0 Å². The quantitative estimate of drug-likeness (QED) is 0.656. The van der Waals surface area contributed by atoms with E-state index in [1.165, 1.54) is 6.26 Å². The van der Waals surface area contributed by atoms with Gasteiger partial charge in [-0.1, -0.05) is 0 Å². The lowest BCUT2D eigenvalue weighted by Crippen LogP contribution is -2.42. The molecule has 0 aromatic heterocycles. The van der Waals surface area contributed by atoms with Gasteiger partial charge in [0, 0.05) is 24.9 Å². The first kappa shape index (κ1) is 10.9. The monoisotopic (exact) mass is 206 g/mol. The molecule has 0 aliphatic heterocycles. The van der Waals surface area contributed by atoms with Crippen LogP contribution in [0.15, 0.2) is 0 Å². The molecule has 0 aromatic rings. The lowest BCUT2D eigenvalue weighted by molar-refractivity contribution is 0.240. The van der Waals surface area contributed by atoms with Crippen molar-refractivity contribution in [3.8, 4) is 0 Å². The van der Waals surface area contributed by atoms with Crippen LogP contribution in [0.1, 0.15) is 12.8 Å². The molecule has 1 rings (SSSR count). The zero-order valence-electron chi connectivity index (χ0n) is 8.28. The first-order valence-electron chi connectivity index (χ1n) is 4.49. The Morgan fingerprint density at radius 3 is 2.31 bits per heavy atom. The minimum absolute atomic E-state index is 0.116. The summed E-state index contributed by atoms with van der Waals surface area (Å²) in [4.78, 5) is 2.08. The van der Waals surface area contributed by atoms with Gasteiger partial charge >= 0.3 is 0 Å². The Morgan fingerprint density at radius 1 is 1.46 bits per heavy atom. The van der Waals surface area contributed by atoms with Gasteiger partial charge in [0.25, 0.3) is 0 Å². The topological polar surface area (TPSA) is 63.4 Å². The highest BCUT2D eigenvalue weighted by molar-refractivity contribution is 7.90. The van der Waals surface area contributed by atoms with Crippen LogP contribution in [0.3, 0.4) is 0 Å². The third kappa shape index (κ3) is 2.93. The highest BCUT2D eigenvalue weighted by Crippen LogP contribution is 2.39. The molecule has 0 unspecified atom stereocenters. The minimum atomic E-state index is -2.84. The standard InChI is InChI=1S/C8H18N2O2S/c1-10(5-6-13(2,11)12)8(7-9)3-4-8/h3-7,9H2,1-2H3. The molecule has 1 fully saturated rings. The Kier molecular flexibility index (Phi) is 2.99. The minimum Gasteiger partial charge on any atom is -0.329 e. The van der Waals surface area contributed by atoms with Crippen molar-refractivity contribution in [2.24, 2.45) is 5.73 Å². The number of nitrogens with zero attached hydrogens (tertiary/aromatic N) is 1. The lowest BCUT2D eigenvalue weighted by Gasteiger charge is -2.26. The van der Waals surface area contributed by atoms with Crippen molar-refractivity contribution in [2.45, 2.75) is 18.4 Å².